The molecule has 5 heteroatoms. The van der Waals surface area contributed by atoms with E-state index in [1.807, 2.05) is 13.0 Å². The van der Waals surface area contributed by atoms with Crippen molar-refractivity contribution in [3.05, 3.63) is 17.0 Å². The van der Waals surface area contributed by atoms with Crippen LogP contribution in [0.5, 0.6) is 0 Å². The number of methoxy groups -OCH3 is 1. The number of rotatable bonds is 2. The summed E-state index contributed by atoms with van der Waals surface area (Å²) in [6.07, 6.45) is 1.37. The van der Waals surface area contributed by atoms with Gasteiger partial charge >= 0.3 is 0 Å². The van der Waals surface area contributed by atoms with E-state index in [2.05, 4.69) is 21.8 Å². The Labute approximate surface area is 107 Å². The topological polar surface area (TPSA) is 38.2 Å². The second-order valence-electron chi connectivity index (χ2n) is 4.58. The zero-order valence-corrected chi connectivity index (χ0v) is 11.2. The van der Waals surface area contributed by atoms with Gasteiger partial charge in [-0.25, -0.2) is 9.97 Å². The monoisotopic (exact) mass is 255 g/mol. The molecule has 2 unspecified atom stereocenters. The van der Waals surface area contributed by atoms with Gasteiger partial charge in [-0.2, -0.15) is 0 Å². The van der Waals surface area contributed by atoms with E-state index >= 15 is 0 Å². The Morgan fingerprint density at radius 2 is 2.24 bits per heavy atom. The number of aryl methyl sites for hydroxylation is 1. The molecule has 0 amide bonds. The highest BCUT2D eigenvalue weighted by Gasteiger charge is 2.26. The highest BCUT2D eigenvalue weighted by molar-refractivity contribution is 6.29. The van der Waals surface area contributed by atoms with E-state index in [1.165, 1.54) is 0 Å². The van der Waals surface area contributed by atoms with Gasteiger partial charge in [0.15, 0.2) is 0 Å². The average molecular weight is 256 g/mol. The molecule has 1 fully saturated rings. The van der Waals surface area contributed by atoms with E-state index in [-0.39, 0.29) is 6.10 Å². The quantitative estimate of drug-likeness (QED) is 0.760. The summed E-state index contributed by atoms with van der Waals surface area (Å²) < 4.78 is 5.50. The van der Waals surface area contributed by atoms with Crippen molar-refractivity contribution in [3.8, 4) is 0 Å². The Morgan fingerprint density at radius 1 is 1.47 bits per heavy atom. The van der Waals surface area contributed by atoms with Crippen LogP contribution in [-0.4, -0.2) is 36.3 Å². The molecular weight excluding hydrogens is 238 g/mol. The van der Waals surface area contributed by atoms with Gasteiger partial charge in [0.1, 0.15) is 16.8 Å². The van der Waals surface area contributed by atoms with Gasteiger partial charge in [0.05, 0.1) is 6.10 Å². The Bertz CT molecular complexity index is 379. The fraction of sp³-hybridized carbons (Fsp3) is 0.667. The van der Waals surface area contributed by atoms with Crippen LogP contribution >= 0.6 is 11.6 Å². The average Bonchev–Trinajstić information content (AvgIpc) is 2.28. The third-order valence-corrected chi connectivity index (χ3v) is 3.50. The molecule has 17 heavy (non-hydrogen) atoms. The minimum absolute atomic E-state index is 0.262. The van der Waals surface area contributed by atoms with Gasteiger partial charge in [0, 0.05) is 26.3 Å². The maximum atomic E-state index is 5.96. The number of anilines is 1. The maximum absolute atomic E-state index is 5.96. The van der Waals surface area contributed by atoms with Gasteiger partial charge < -0.3 is 9.64 Å². The molecule has 0 N–H and O–H groups in total. The molecule has 1 aromatic heterocycles. The molecule has 2 rings (SSSR count). The summed E-state index contributed by atoms with van der Waals surface area (Å²) in [5.41, 5.74) is 0. The highest BCUT2D eigenvalue weighted by atomic mass is 35.5. The summed E-state index contributed by atoms with van der Waals surface area (Å²) in [7, 11) is 1.77. The number of ether oxygens (including phenoxy) is 1. The molecule has 2 heterocycles. The van der Waals surface area contributed by atoms with Crippen molar-refractivity contribution in [1.82, 2.24) is 9.97 Å². The molecule has 0 radical (unpaired) electrons. The fourth-order valence-corrected chi connectivity index (χ4v) is 2.45. The van der Waals surface area contributed by atoms with Crippen LogP contribution in [0.4, 0.5) is 5.82 Å². The SMILES string of the molecule is COC1CN(c2cc(Cl)nc(C)n2)CCC1C. The van der Waals surface area contributed by atoms with Crippen molar-refractivity contribution in [2.75, 3.05) is 25.1 Å². The van der Waals surface area contributed by atoms with Crippen molar-refractivity contribution in [1.29, 1.82) is 0 Å². The lowest BCUT2D eigenvalue weighted by Crippen LogP contribution is -2.44. The molecule has 0 aromatic carbocycles. The zero-order valence-electron chi connectivity index (χ0n) is 10.5. The first-order chi connectivity index (χ1) is 8.10. The standard InChI is InChI=1S/C12H18ClN3O/c1-8-4-5-16(7-10(8)17-3)12-6-11(13)14-9(2)15-12/h6,8,10H,4-5,7H2,1-3H3. The number of nitrogens with zero attached hydrogens (tertiary/aromatic N) is 3. The summed E-state index contributed by atoms with van der Waals surface area (Å²) in [6, 6.07) is 1.82. The summed E-state index contributed by atoms with van der Waals surface area (Å²) in [4.78, 5) is 10.7. The van der Waals surface area contributed by atoms with Crippen LogP contribution < -0.4 is 4.90 Å². The van der Waals surface area contributed by atoms with Gasteiger partial charge in [-0.15, -0.1) is 0 Å². The Hall–Kier alpha value is -0.870. The summed E-state index contributed by atoms with van der Waals surface area (Å²) >= 11 is 5.96. The van der Waals surface area contributed by atoms with Crippen molar-refractivity contribution in [2.24, 2.45) is 5.92 Å². The van der Waals surface area contributed by atoms with Crippen LogP contribution in [0, 0.1) is 12.8 Å². The Kier molecular flexibility index (Phi) is 3.84. The molecule has 1 saturated heterocycles. The Morgan fingerprint density at radius 3 is 2.88 bits per heavy atom. The lowest BCUT2D eigenvalue weighted by molar-refractivity contribution is 0.0496. The van der Waals surface area contributed by atoms with Crippen LogP contribution in [-0.2, 0) is 4.74 Å². The number of hydrogen-bond donors (Lipinski definition) is 0. The molecule has 2 atom stereocenters. The van der Waals surface area contributed by atoms with Crippen molar-refractivity contribution in [2.45, 2.75) is 26.4 Å². The van der Waals surface area contributed by atoms with E-state index in [1.54, 1.807) is 7.11 Å². The van der Waals surface area contributed by atoms with E-state index in [4.69, 9.17) is 16.3 Å². The molecule has 0 saturated carbocycles. The number of halogens is 1. The smallest absolute Gasteiger partial charge is 0.134 e. The maximum Gasteiger partial charge on any atom is 0.134 e. The van der Waals surface area contributed by atoms with Crippen LogP contribution in [0.3, 0.4) is 0 Å². The highest BCUT2D eigenvalue weighted by Crippen LogP contribution is 2.24. The molecular formula is C12H18ClN3O. The van der Waals surface area contributed by atoms with E-state index < -0.39 is 0 Å². The molecule has 94 valence electrons. The van der Waals surface area contributed by atoms with Gasteiger partial charge in [-0.05, 0) is 19.3 Å². The van der Waals surface area contributed by atoms with E-state index in [0.717, 1.165) is 25.3 Å². The molecule has 1 aliphatic heterocycles. The lowest BCUT2D eigenvalue weighted by atomic mass is 9.96. The van der Waals surface area contributed by atoms with Gasteiger partial charge in [0.2, 0.25) is 0 Å². The van der Waals surface area contributed by atoms with Gasteiger partial charge in [-0.1, -0.05) is 18.5 Å². The largest absolute Gasteiger partial charge is 0.379 e. The molecule has 0 spiro atoms. The third-order valence-electron chi connectivity index (χ3n) is 3.31. The summed E-state index contributed by atoms with van der Waals surface area (Å²) in [5.74, 6) is 2.20. The van der Waals surface area contributed by atoms with Crippen molar-refractivity contribution >= 4 is 17.4 Å². The predicted molar refractivity (Wildman–Crippen MR) is 68.6 cm³/mol. The number of hydrogen-bond acceptors (Lipinski definition) is 4. The fourth-order valence-electron chi connectivity index (χ4n) is 2.23. The van der Waals surface area contributed by atoms with Crippen LogP contribution in [0.15, 0.2) is 6.07 Å². The van der Waals surface area contributed by atoms with E-state index in [0.29, 0.717) is 16.9 Å². The van der Waals surface area contributed by atoms with Crippen molar-refractivity contribution in [3.63, 3.8) is 0 Å². The predicted octanol–water partition coefficient (Wildman–Crippen LogP) is 2.30. The first-order valence-corrected chi connectivity index (χ1v) is 6.27. The molecule has 4 nitrogen and oxygen atoms in total. The molecule has 0 aliphatic carbocycles. The normalized spacial score (nSPS) is 25.1. The van der Waals surface area contributed by atoms with Crippen LogP contribution in [0.1, 0.15) is 19.2 Å². The second-order valence-corrected chi connectivity index (χ2v) is 4.97. The Balaban J connectivity index is 2.17. The molecule has 0 bridgehead atoms. The van der Waals surface area contributed by atoms with Crippen LogP contribution in [0.25, 0.3) is 0 Å². The van der Waals surface area contributed by atoms with E-state index in [9.17, 15) is 0 Å². The first-order valence-electron chi connectivity index (χ1n) is 5.89. The third kappa shape index (κ3) is 2.87. The summed E-state index contributed by atoms with van der Waals surface area (Å²) in [5, 5.41) is 0.500. The number of piperidine rings is 1. The van der Waals surface area contributed by atoms with Gasteiger partial charge in [-0.3, -0.25) is 0 Å². The first kappa shape index (κ1) is 12.6. The van der Waals surface area contributed by atoms with Crippen LogP contribution in [0.2, 0.25) is 5.15 Å². The molecule has 1 aromatic rings. The second kappa shape index (κ2) is 5.19. The summed E-state index contributed by atoms with van der Waals surface area (Å²) in [6.45, 7) is 5.94. The lowest BCUT2D eigenvalue weighted by Gasteiger charge is -2.36. The van der Waals surface area contributed by atoms with Crippen molar-refractivity contribution < 1.29 is 4.74 Å². The van der Waals surface area contributed by atoms with Gasteiger partial charge in [0.25, 0.3) is 0 Å². The zero-order chi connectivity index (χ0) is 12.4. The minimum atomic E-state index is 0.262. The molecule has 1 aliphatic rings. The minimum Gasteiger partial charge on any atom is -0.379 e. The number of aromatic nitrogens is 2.